The summed E-state index contributed by atoms with van der Waals surface area (Å²) in [4.78, 5) is 36.3. The molecule has 2 unspecified atom stereocenters. The predicted molar refractivity (Wildman–Crippen MR) is 86.9 cm³/mol. The predicted octanol–water partition coefficient (Wildman–Crippen LogP) is 3.72. The lowest BCUT2D eigenvalue weighted by atomic mass is 9.77. The molecule has 6 nitrogen and oxygen atoms in total. The van der Waals surface area contributed by atoms with Crippen LogP contribution in [0.25, 0.3) is 0 Å². The van der Waals surface area contributed by atoms with Crippen molar-refractivity contribution in [2.45, 2.75) is 25.7 Å². The van der Waals surface area contributed by atoms with Crippen LogP contribution >= 0.6 is 11.6 Å². The van der Waals surface area contributed by atoms with Gasteiger partial charge in [0.2, 0.25) is 5.78 Å². The van der Waals surface area contributed by atoms with Crippen molar-refractivity contribution in [1.82, 2.24) is 0 Å². The number of ketones is 2. The third-order valence-electron chi connectivity index (χ3n) is 4.84. The molecule has 0 heterocycles. The number of carbonyl (C=O) groups excluding carboxylic acids is 2. The van der Waals surface area contributed by atoms with Gasteiger partial charge in [-0.25, -0.2) is 0 Å². The number of methoxy groups -OCH3 is 1. The molecule has 0 amide bonds. The van der Waals surface area contributed by atoms with Crippen LogP contribution in [-0.4, -0.2) is 23.6 Å². The summed E-state index contributed by atoms with van der Waals surface area (Å²) in [5, 5.41) is 11.4. The summed E-state index contributed by atoms with van der Waals surface area (Å²) in [6.07, 6.45) is 3.15. The summed E-state index contributed by atoms with van der Waals surface area (Å²) in [7, 11) is 1.42. The monoisotopic (exact) mass is 349 g/mol. The first kappa shape index (κ1) is 16.6. The van der Waals surface area contributed by atoms with Gasteiger partial charge in [-0.3, -0.25) is 19.7 Å². The number of nitrogens with zero attached hydrogens (tertiary/aromatic N) is 1. The number of hydrogen-bond acceptors (Lipinski definition) is 5. The molecule has 0 radical (unpaired) electrons. The van der Waals surface area contributed by atoms with E-state index in [-0.39, 0.29) is 33.8 Å². The molecule has 0 aromatic heterocycles. The molecule has 3 rings (SSSR count). The minimum Gasteiger partial charge on any atom is -0.500 e. The normalized spacial score (nSPS) is 23.2. The maximum Gasteiger partial charge on any atom is 0.282 e. The second-order valence-electron chi connectivity index (χ2n) is 6.12. The van der Waals surface area contributed by atoms with Gasteiger partial charge in [0.15, 0.2) is 5.78 Å². The molecular formula is C17H16ClNO5. The van der Waals surface area contributed by atoms with Crippen molar-refractivity contribution in [3.05, 3.63) is 50.2 Å². The molecule has 2 atom stereocenters. The Hall–Kier alpha value is -2.21. The lowest BCUT2D eigenvalue weighted by Gasteiger charge is -2.27. The van der Waals surface area contributed by atoms with Gasteiger partial charge in [-0.15, -0.1) is 0 Å². The van der Waals surface area contributed by atoms with Gasteiger partial charge in [0, 0.05) is 23.4 Å². The van der Waals surface area contributed by atoms with Crippen LogP contribution < -0.4 is 0 Å². The number of rotatable bonds is 4. The lowest BCUT2D eigenvalue weighted by molar-refractivity contribution is -0.385. The van der Waals surface area contributed by atoms with Crippen LogP contribution in [0.5, 0.6) is 0 Å². The van der Waals surface area contributed by atoms with Crippen molar-refractivity contribution in [2.24, 2.45) is 11.8 Å². The molecule has 7 heteroatoms. The zero-order chi connectivity index (χ0) is 17.4. The topological polar surface area (TPSA) is 86.5 Å². The van der Waals surface area contributed by atoms with E-state index in [1.807, 2.05) is 0 Å². The Morgan fingerprint density at radius 3 is 2.79 bits per heavy atom. The standard InChI is InChI=1S/C17H16ClNO5/c1-24-14-7-9-3-2-4-11(9)16(20)15(14)17(21)12-6-5-10(18)8-13(12)19(22)23/h5-6,8-9,11H,2-4,7H2,1H3. The number of benzene rings is 1. The molecule has 24 heavy (non-hydrogen) atoms. The fraction of sp³-hybridized carbons (Fsp3) is 0.412. The van der Waals surface area contributed by atoms with Crippen LogP contribution in [-0.2, 0) is 9.53 Å². The van der Waals surface area contributed by atoms with Crippen molar-refractivity contribution in [1.29, 1.82) is 0 Å². The highest BCUT2D eigenvalue weighted by Gasteiger charge is 2.43. The maximum absolute atomic E-state index is 12.9. The van der Waals surface area contributed by atoms with Crippen molar-refractivity contribution in [3.8, 4) is 0 Å². The van der Waals surface area contributed by atoms with Gasteiger partial charge in [-0.2, -0.15) is 0 Å². The molecule has 2 aliphatic carbocycles. The van der Waals surface area contributed by atoms with Crippen LogP contribution in [0.4, 0.5) is 5.69 Å². The Balaban J connectivity index is 2.08. The second kappa shape index (κ2) is 6.36. The molecule has 2 aliphatic rings. The van der Waals surface area contributed by atoms with Crippen molar-refractivity contribution in [3.63, 3.8) is 0 Å². The number of nitro groups is 1. The maximum atomic E-state index is 12.9. The number of Topliss-reactive ketones (excluding diaryl/α,β-unsaturated/α-hetero) is 2. The summed E-state index contributed by atoms with van der Waals surface area (Å²) in [6, 6.07) is 3.81. The first-order chi connectivity index (χ1) is 11.4. The smallest absolute Gasteiger partial charge is 0.282 e. The second-order valence-corrected chi connectivity index (χ2v) is 6.55. The van der Waals surface area contributed by atoms with E-state index in [4.69, 9.17) is 16.3 Å². The third-order valence-corrected chi connectivity index (χ3v) is 5.08. The Morgan fingerprint density at radius 1 is 1.38 bits per heavy atom. The zero-order valence-electron chi connectivity index (χ0n) is 13.1. The van der Waals surface area contributed by atoms with E-state index in [2.05, 4.69) is 0 Å². The number of allylic oxidation sites excluding steroid dienone is 2. The van der Waals surface area contributed by atoms with Gasteiger partial charge < -0.3 is 4.74 Å². The molecule has 0 bridgehead atoms. The molecule has 1 aromatic carbocycles. The van der Waals surface area contributed by atoms with Crippen molar-refractivity contribution in [2.75, 3.05) is 7.11 Å². The van der Waals surface area contributed by atoms with Crippen LogP contribution in [0.2, 0.25) is 5.02 Å². The average Bonchev–Trinajstić information content (AvgIpc) is 3.02. The Bertz CT molecular complexity index is 770. The number of ether oxygens (including phenoxy) is 1. The van der Waals surface area contributed by atoms with Gasteiger partial charge in [-0.1, -0.05) is 18.0 Å². The van der Waals surface area contributed by atoms with Crippen LogP contribution in [0, 0.1) is 22.0 Å². The van der Waals surface area contributed by atoms with E-state index < -0.39 is 16.4 Å². The molecular weight excluding hydrogens is 334 g/mol. The van der Waals surface area contributed by atoms with Crippen molar-refractivity contribution >= 4 is 28.9 Å². The molecule has 0 N–H and O–H groups in total. The van der Waals surface area contributed by atoms with E-state index in [1.165, 1.54) is 19.2 Å². The molecule has 126 valence electrons. The Kier molecular flexibility index (Phi) is 4.41. The number of fused-ring (bicyclic) bond motifs is 1. The van der Waals surface area contributed by atoms with Gasteiger partial charge in [-0.05, 0) is 30.9 Å². The summed E-state index contributed by atoms with van der Waals surface area (Å²) in [5.41, 5.74) is -0.596. The van der Waals surface area contributed by atoms with Gasteiger partial charge in [0.05, 0.1) is 12.0 Å². The lowest BCUT2D eigenvalue weighted by Crippen LogP contribution is -2.31. The molecule has 1 saturated carbocycles. The molecule has 0 aliphatic heterocycles. The van der Waals surface area contributed by atoms with E-state index in [0.717, 1.165) is 25.3 Å². The van der Waals surface area contributed by atoms with E-state index >= 15 is 0 Å². The van der Waals surface area contributed by atoms with Gasteiger partial charge in [0.25, 0.3) is 5.69 Å². The fourth-order valence-corrected chi connectivity index (χ4v) is 3.86. The van der Waals surface area contributed by atoms with Gasteiger partial charge >= 0.3 is 0 Å². The molecule has 1 aromatic rings. The number of halogens is 1. The zero-order valence-corrected chi connectivity index (χ0v) is 13.8. The summed E-state index contributed by atoms with van der Waals surface area (Å²) in [6.45, 7) is 0. The van der Waals surface area contributed by atoms with Crippen LogP contribution in [0.3, 0.4) is 0 Å². The van der Waals surface area contributed by atoms with E-state index in [9.17, 15) is 19.7 Å². The average molecular weight is 350 g/mol. The number of carbonyl (C=O) groups is 2. The van der Waals surface area contributed by atoms with E-state index in [0.29, 0.717) is 12.2 Å². The fourth-order valence-electron chi connectivity index (χ4n) is 3.70. The number of nitro benzene ring substituents is 1. The van der Waals surface area contributed by atoms with Crippen LogP contribution in [0.1, 0.15) is 36.0 Å². The first-order valence-corrected chi connectivity index (χ1v) is 8.11. The quantitative estimate of drug-likeness (QED) is 0.358. The number of hydrogen-bond donors (Lipinski definition) is 0. The third kappa shape index (κ3) is 2.71. The molecule has 0 saturated heterocycles. The minimum absolute atomic E-state index is 0.0499. The van der Waals surface area contributed by atoms with Crippen LogP contribution in [0.15, 0.2) is 29.5 Å². The summed E-state index contributed by atoms with van der Waals surface area (Å²) >= 11 is 5.79. The van der Waals surface area contributed by atoms with Gasteiger partial charge in [0.1, 0.15) is 16.9 Å². The highest BCUT2D eigenvalue weighted by molar-refractivity contribution is 6.32. The summed E-state index contributed by atoms with van der Waals surface area (Å²) < 4.78 is 5.29. The highest BCUT2D eigenvalue weighted by atomic mass is 35.5. The van der Waals surface area contributed by atoms with E-state index in [1.54, 1.807) is 0 Å². The first-order valence-electron chi connectivity index (χ1n) is 7.74. The minimum atomic E-state index is -0.669. The Morgan fingerprint density at radius 2 is 2.12 bits per heavy atom. The molecule has 1 fully saturated rings. The molecule has 0 spiro atoms. The largest absolute Gasteiger partial charge is 0.500 e. The SMILES string of the molecule is COC1=C(C(=O)c2ccc(Cl)cc2[N+](=O)[O-])C(=O)C2CCCC2C1. The highest BCUT2D eigenvalue weighted by Crippen LogP contribution is 2.43. The summed E-state index contributed by atoms with van der Waals surface area (Å²) in [5.74, 6) is -0.573. The Labute approximate surface area is 143 Å². The van der Waals surface area contributed by atoms with Crippen molar-refractivity contribution < 1.29 is 19.2 Å².